The Balaban J connectivity index is 1.63. The zero-order chi connectivity index (χ0) is 16.9. The number of amides is 1. The van der Waals surface area contributed by atoms with E-state index in [1.54, 1.807) is 0 Å². The molecule has 126 valence electrons. The monoisotopic (exact) mass is 324 g/mol. The Morgan fingerprint density at radius 1 is 1.04 bits per heavy atom. The highest BCUT2D eigenvalue weighted by Gasteiger charge is 2.27. The molecule has 1 fully saturated rings. The first kappa shape index (κ1) is 16.4. The highest BCUT2D eigenvalue weighted by atomic mass is 16.2. The smallest absolute Gasteiger partial charge is 0.230 e. The van der Waals surface area contributed by atoms with Crippen LogP contribution in [-0.4, -0.2) is 47.2 Å². The minimum atomic E-state index is -0.0445. The summed E-state index contributed by atoms with van der Waals surface area (Å²) in [6, 6.07) is 14.1. The van der Waals surface area contributed by atoms with E-state index < -0.39 is 0 Å². The Morgan fingerprint density at radius 3 is 2.33 bits per heavy atom. The summed E-state index contributed by atoms with van der Waals surface area (Å²) in [6.07, 6.45) is 0.826. The van der Waals surface area contributed by atoms with Crippen molar-refractivity contribution in [1.82, 2.24) is 15.1 Å². The average molecular weight is 324 g/mol. The lowest BCUT2D eigenvalue weighted by atomic mass is 9.95. The van der Waals surface area contributed by atoms with Gasteiger partial charge in [-0.1, -0.05) is 37.3 Å². The topological polar surface area (TPSA) is 49.3 Å². The van der Waals surface area contributed by atoms with Crippen molar-refractivity contribution in [2.45, 2.75) is 26.2 Å². The highest BCUT2D eigenvalue weighted by molar-refractivity contribution is 5.84. The SMILES string of the molecule is CCC(C(=O)N1CCN(c2ccc(C)nn2)CC1)c1ccccc1. The lowest BCUT2D eigenvalue weighted by Gasteiger charge is -2.36. The van der Waals surface area contributed by atoms with Gasteiger partial charge in [0, 0.05) is 26.2 Å². The van der Waals surface area contributed by atoms with E-state index >= 15 is 0 Å². The van der Waals surface area contributed by atoms with Crippen LogP contribution < -0.4 is 4.90 Å². The van der Waals surface area contributed by atoms with Gasteiger partial charge in [0.2, 0.25) is 5.91 Å². The second-order valence-corrected chi connectivity index (χ2v) is 6.22. The first-order valence-electron chi connectivity index (χ1n) is 8.58. The number of hydrogen-bond donors (Lipinski definition) is 0. The van der Waals surface area contributed by atoms with Crippen molar-refractivity contribution in [3.05, 3.63) is 53.7 Å². The van der Waals surface area contributed by atoms with Crippen molar-refractivity contribution >= 4 is 11.7 Å². The average Bonchev–Trinajstić information content (AvgIpc) is 2.64. The molecule has 1 atom stereocenters. The third kappa shape index (κ3) is 3.55. The number of nitrogens with zero attached hydrogens (tertiary/aromatic N) is 4. The highest BCUT2D eigenvalue weighted by Crippen LogP contribution is 2.23. The number of hydrogen-bond acceptors (Lipinski definition) is 4. The van der Waals surface area contributed by atoms with E-state index in [2.05, 4.69) is 22.0 Å². The van der Waals surface area contributed by atoms with Crippen molar-refractivity contribution < 1.29 is 4.79 Å². The zero-order valence-electron chi connectivity index (χ0n) is 14.4. The molecule has 0 N–H and O–H groups in total. The third-order valence-corrected chi connectivity index (χ3v) is 4.61. The number of aromatic nitrogens is 2. The molecule has 1 saturated heterocycles. The van der Waals surface area contributed by atoms with Crippen molar-refractivity contribution in [1.29, 1.82) is 0 Å². The molecule has 0 spiro atoms. The number of carbonyl (C=O) groups is 1. The summed E-state index contributed by atoms with van der Waals surface area (Å²) in [5.74, 6) is 1.08. The Bertz CT molecular complexity index is 664. The molecule has 0 bridgehead atoms. The molecule has 1 amide bonds. The van der Waals surface area contributed by atoms with Crippen LogP contribution in [0.1, 0.15) is 30.5 Å². The largest absolute Gasteiger partial charge is 0.352 e. The van der Waals surface area contributed by atoms with Gasteiger partial charge in [0.25, 0.3) is 0 Å². The van der Waals surface area contributed by atoms with E-state index in [1.807, 2.05) is 54.3 Å². The standard InChI is InChI=1S/C19H24N4O/c1-3-17(16-7-5-4-6-8-16)19(24)23-13-11-22(12-14-23)18-10-9-15(2)20-21-18/h4-10,17H,3,11-14H2,1-2H3. The van der Waals surface area contributed by atoms with E-state index in [9.17, 15) is 4.79 Å². The molecule has 0 aliphatic carbocycles. The Morgan fingerprint density at radius 2 is 1.75 bits per heavy atom. The molecule has 1 aromatic heterocycles. The van der Waals surface area contributed by atoms with Gasteiger partial charge in [-0.3, -0.25) is 4.79 Å². The number of carbonyl (C=O) groups excluding carboxylic acids is 1. The first-order valence-corrected chi connectivity index (χ1v) is 8.58. The summed E-state index contributed by atoms with van der Waals surface area (Å²) < 4.78 is 0. The van der Waals surface area contributed by atoms with E-state index in [4.69, 9.17) is 0 Å². The van der Waals surface area contributed by atoms with Crippen LogP contribution in [0.15, 0.2) is 42.5 Å². The first-order chi connectivity index (χ1) is 11.7. The Labute approximate surface area is 143 Å². The van der Waals surface area contributed by atoms with Gasteiger partial charge in [0.15, 0.2) is 5.82 Å². The molecular formula is C19H24N4O. The number of anilines is 1. The lowest BCUT2D eigenvalue weighted by Crippen LogP contribution is -2.50. The predicted octanol–water partition coefficient (Wildman–Crippen LogP) is 2.63. The van der Waals surface area contributed by atoms with Crippen LogP contribution >= 0.6 is 0 Å². The molecule has 2 aromatic rings. The molecule has 0 saturated carbocycles. The van der Waals surface area contributed by atoms with E-state index in [-0.39, 0.29) is 11.8 Å². The Hall–Kier alpha value is -2.43. The number of rotatable bonds is 4. The fourth-order valence-corrected chi connectivity index (χ4v) is 3.18. The summed E-state index contributed by atoms with van der Waals surface area (Å²) in [5, 5.41) is 8.36. The van der Waals surface area contributed by atoms with Crippen molar-refractivity contribution in [2.24, 2.45) is 0 Å². The number of piperazine rings is 1. The van der Waals surface area contributed by atoms with Gasteiger partial charge in [-0.15, -0.1) is 5.10 Å². The van der Waals surface area contributed by atoms with Crippen LogP contribution in [0.4, 0.5) is 5.82 Å². The molecule has 0 radical (unpaired) electrons. The maximum absolute atomic E-state index is 12.9. The minimum Gasteiger partial charge on any atom is -0.352 e. The van der Waals surface area contributed by atoms with E-state index in [0.717, 1.165) is 49.7 Å². The van der Waals surface area contributed by atoms with Crippen molar-refractivity contribution in [2.75, 3.05) is 31.1 Å². The van der Waals surface area contributed by atoms with Crippen molar-refractivity contribution in [3.63, 3.8) is 0 Å². The van der Waals surface area contributed by atoms with Gasteiger partial charge >= 0.3 is 0 Å². The molecule has 5 heteroatoms. The summed E-state index contributed by atoms with van der Waals surface area (Å²) in [4.78, 5) is 17.1. The normalized spacial score (nSPS) is 16.1. The minimum absolute atomic E-state index is 0.0445. The second-order valence-electron chi connectivity index (χ2n) is 6.22. The summed E-state index contributed by atoms with van der Waals surface area (Å²) in [7, 11) is 0. The van der Waals surface area contributed by atoms with Crippen LogP contribution in [0.2, 0.25) is 0 Å². The van der Waals surface area contributed by atoms with Crippen molar-refractivity contribution in [3.8, 4) is 0 Å². The molecule has 1 aliphatic heterocycles. The maximum Gasteiger partial charge on any atom is 0.230 e. The Kier molecular flexibility index (Phi) is 5.08. The fourth-order valence-electron chi connectivity index (χ4n) is 3.18. The molecule has 1 unspecified atom stereocenters. The second kappa shape index (κ2) is 7.43. The molecule has 5 nitrogen and oxygen atoms in total. The number of benzene rings is 1. The summed E-state index contributed by atoms with van der Waals surface area (Å²) in [6.45, 7) is 7.08. The predicted molar refractivity (Wildman–Crippen MR) is 95.0 cm³/mol. The molecule has 1 aliphatic rings. The van der Waals surface area contributed by atoms with Gasteiger partial charge < -0.3 is 9.80 Å². The summed E-state index contributed by atoms with van der Waals surface area (Å²) >= 11 is 0. The maximum atomic E-state index is 12.9. The molecule has 1 aromatic carbocycles. The fraction of sp³-hybridized carbons (Fsp3) is 0.421. The van der Waals surface area contributed by atoms with Crippen LogP contribution in [-0.2, 0) is 4.79 Å². The van der Waals surface area contributed by atoms with E-state index in [0.29, 0.717) is 0 Å². The van der Waals surface area contributed by atoms with Gasteiger partial charge in [-0.2, -0.15) is 5.10 Å². The lowest BCUT2D eigenvalue weighted by molar-refractivity contribution is -0.133. The quantitative estimate of drug-likeness (QED) is 0.867. The van der Waals surface area contributed by atoms with Crippen LogP contribution in [0, 0.1) is 6.92 Å². The van der Waals surface area contributed by atoms with E-state index in [1.165, 1.54) is 0 Å². The van der Waals surface area contributed by atoms with Crippen LogP contribution in [0.3, 0.4) is 0 Å². The van der Waals surface area contributed by atoms with Crippen LogP contribution in [0.25, 0.3) is 0 Å². The molecule has 24 heavy (non-hydrogen) atoms. The number of aryl methyl sites for hydroxylation is 1. The van der Waals surface area contributed by atoms with Gasteiger partial charge in [0.05, 0.1) is 11.6 Å². The molecular weight excluding hydrogens is 300 g/mol. The molecule has 2 heterocycles. The van der Waals surface area contributed by atoms with Gasteiger partial charge in [-0.25, -0.2) is 0 Å². The molecule has 3 rings (SSSR count). The third-order valence-electron chi connectivity index (χ3n) is 4.61. The van der Waals surface area contributed by atoms with Gasteiger partial charge in [-0.05, 0) is 31.0 Å². The van der Waals surface area contributed by atoms with Gasteiger partial charge in [0.1, 0.15) is 0 Å². The van der Waals surface area contributed by atoms with Crippen LogP contribution in [0.5, 0.6) is 0 Å². The zero-order valence-corrected chi connectivity index (χ0v) is 14.4. The summed E-state index contributed by atoms with van der Waals surface area (Å²) in [5.41, 5.74) is 2.03.